The van der Waals surface area contributed by atoms with Crippen LogP contribution >= 0.6 is 11.6 Å². The van der Waals surface area contributed by atoms with E-state index in [2.05, 4.69) is 291 Å². The molecule has 109 heavy (non-hydrogen) atoms. The predicted octanol–water partition coefficient (Wildman–Crippen LogP) is 25.9. The number of aromatic nitrogens is 2. The summed E-state index contributed by atoms with van der Waals surface area (Å²) >= 11 is 6.89. The smallest absolute Gasteiger partial charge is 0.423 e. The molecule has 0 amide bonds. The zero-order chi connectivity index (χ0) is 75.4. The molecule has 0 radical (unpaired) electrons. The van der Waals surface area contributed by atoms with Crippen LogP contribution in [0, 0.1) is 27.7 Å². The molecule has 7 heteroatoms. The van der Waals surface area contributed by atoms with Gasteiger partial charge in [-0.15, -0.1) is 0 Å². The number of benzene rings is 12. The number of aryl methyl sites for hydroxylation is 8. The van der Waals surface area contributed by atoms with Gasteiger partial charge in [-0.3, -0.25) is 9.97 Å². The fraction of sp³-hybridized carbons (Fsp3) is 0.196. The van der Waals surface area contributed by atoms with Crippen molar-refractivity contribution in [3.05, 3.63) is 377 Å². The third kappa shape index (κ3) is 22.4. The van der Waals surface area contributed by atoms with Crippen molar-refractivity contribution in [3.8, 4) is 100 Å². The van der Waals surface area contributed by atoms with E-state index in [0.717, 1.165) is 87.0 Å². The second kappa shape index (κ2) is 40.4. The zero-order valence-electron chi connectivity index (χ0n) is 63.6. The Morgan fingerprint density at radius 1 is 0.294 bits per heavy atom. The normalized spacial score (nSPS) is 11.5. The molecular weight excluding hydrogens is 1350 g/mol. The van der Waals surface area contributed by atoms with E-state index in [1.165, 1.54) is 166 Å². The van der Waals surface area contributed by atoms with Crippen molar-refractivity contribution >= 4 is 24.2 Å². The zero-order valence-corrected chi connectivity index (χ0v) is 64.4. The Labute approximate surface area is 653 Å². The molecule has 0 aliphatic carbocycles. The predicted molar refractivity (Wildman–Crippen MR) is 462 cm³/mol. The number of unbranched alkanes of at least 4 members (excludes halogenated alkanes) is 6. The molecule has 1 aliphatic heterocycles. The van der Waals surface area contributed by atoms with E-state index in [4.69, 9.17) is 26.4 Å². The van der Waals surface area contributed by atoms with E-state index in [0.29, 0.717) is 5.46 Å². The molecule has 15 rings (SSSR count). The van der Waals surface area contributed by atoms with E-state index in [-0.39, 0.29) is 0 Å². The first-order valence-electron chi connectivity index (χ1n) is 39.0. The number of pyridine rings is 2. The number of ether oxygens (including phenoxy) is 1. The van der Waals surface area contributed by atoms with E-state index in [9.17, 15) is 0 Å². The van der Waals surface area contributed by atoms with E-state index >= 15 is 0 Å². The summed E-state index contributed by atoms with van der Waals surface area (Å²) in [5.74, 6) is 0. The first kappa shape index (κ1) is 77.8. The number of halogens is 1. The molecule has 1 saturated heterocycles. The van der Waals surface area contributed by atoms with Gasteiger partial charge >= 0.3 is 7.12 Å². The number of nitrogens with zero attached hydrogens (tertiary/aromatic N) is 2. The Bertz CT molecular complexity index is 5130. The Balaban J connectivity index is 0.000000170. The van der Waals surface area contributed by atoms with Gasteiger partial charge < -0.3 is 14.8 Å². The van der Waals surface area contributed by atoms with Crippen molar-refractivity contribution in [2.45, 2.75) is 118 Å². The maximum Gasteiger partial charge on any atom is 0.488 e. The molecule has 546 valence electrons. The molecule has 0 saturated carbocycles. The summed E-state index contributed by atoms with van der Waals surface area (Å²) in [6.45, 7) is 10.2. The van der Waals surface area contributed by atoms with Gasteiger partial charge in [-0.25, -0.2) is 0 Å². The Morgan fingerprint density at radius 3 is 1.04 bits per heavy atom. The van der Waals surface area contributed by atoms with Gasteiger partial charge in [0.25, 0.3) is 0 Å². The number of hydrogen-bond donors (Lipinski definition) is 2. The SMILES string of the molecule is C1CCOC1.Cc1cccc(C)c1-c1cc(-c2cccc(-c3cccc(CCCCCCc4ccccc4)c3)c2)ccc1-c1cccc(-c2ccccn2)c1.Cc1cccc(C)c1B(O)O.Clc1cc(-c2cccc(-c3cccc(CCCCCCc4ccccc4)c3)c2)ccc1-c1cccc(-c2ccccn2)c1. The molecule has 12 aromatic carbocycles. The monoisotopic (exact) mass is 1450 g/mol. The lowest BCUT2D eigenvalue weighted by atomic mass is 9.74. The third-order valence-corrected chi connectivity index (χ3v) is 20.9. The van der Waals surface area contributed by atoms with Gasteiger partial charge in [-0.2, -0.15) is 0 Å². The molecular formula is C102H100BClN2O3. The molecule has 0 atom stereocenters. The van der Waals surface area contributed by atoms with E-state index < -0.39 is 7.12 Å². The highest BCUT2D eigenvalue weighted by Crippen LogP contribution is 2.41. The summed E-state index contributed by atoms with van der Waals surface area (Å²) in [5, 5.41) is 18.6. The van der Waals surface area contributed by atoms with E-state index in [1.54, 1.807) is 0 Å². The Kier molecular flexibility index (Phi) is 28.8. The topological polar surface area (TPSA) is 75.5 Å². The third-order valence-electron chi connectivity index (χ3n) is 20.6. The molecule has 1 fully saturated rings. The maximum atomic E-state index is 8.94. The summed E-state index contributed by atoms with van der Waals surface area (Å²) in [6.07, 6.45) is 21.0. The quantitative estimate of drug-likeness (QED) is 0.0466. The lowest BCUT2D eigenvalue weighted by Crippen LogP contribution is -2.34. The number of rotatable bonds is 24. The summed E-state index contributed by atoms with van der Waals surface area (Å²) in [7, 11) is -1.35. The van der Waals surface area contributed by atoms with Crippen LogP contribution in [0.3, 0.4) is 0 Å². The standard InChI is InChI=1S/C49H45N.C41H36ClN.C8H11BO2.C4H8O/c1-36-16-12-17-37(2)49(36)47-35-43(29-30-46(47)44-26-15-27-45(34-44)48-28-10-11-31-50-48)42-25-14-24-41(33-42)40-23-13-22-39(32-40)21-7-4-3-6-18-38-19-8-5-9-20-38;42-40-30-36(24-25-39(40)37-21-12-22-38(29-37)41-23-8-9-26-43-41)35-20-11-19-34(28-35)33-18-10-17-32(27-33)16-5-2-1-4-13-31-14-6-3-7-15-31;1-6-4-3-5-7(2)8(6)9(10)11;1-2-4-5-3-1/h5,8-17,19-20,22-35H,3-4,6-7,18,21H2,1-2H3;3,6-12,14-15,17-30H,1-2,4-5,13,16H2;3-5,10-11H,1-2H3;1-4H2. The van der Waals surface area contributed by atoms with Crippen LogP contribution in [0.1, 0.15) is 109 Å². The van der Waals surface area contributed by atoms with Crippen molar-refractivity contribution in [1.29, 1.82) is 0 Å². The van der Waals surface area contributed by atoms with Crippen LogP contribution in [0.15, 0.2) is 328 Å². The summed E-state index contributed by atoms with van der Waals surface area (Å²) in [6, 6.07) is 113. The largest absolute Gasteiger partial charge is 0.488 e. The average molecular weight is 1450 g/mol. The van der Waals surface area contributed by atoms with Crippen molar-refractivity contribution in [2.75, 3.05) is 13.2 Å². The lowest BCUT2D eigenvalue weighted by Gasteiger charge is -2.18. The van der Waals surface area contributed by atoms with Crippen molar-refractivity contribution in [3.63, 3.8) is 0 Å². The van der Waals surface area contributed by atoms with Gasteiger partial charge in [0.05, 0.1) is 11.4 Å². The van der Waals surface area contributed by atoms with Gasteiger partial charge in [-0.05, 0) is 264 Å². The van der Waals surface area contributed by atoms with E-state index in [1.807, 2.05) is 74.8 Å². The maximum absolute atomic E-state index is 8.94. The van der Waals surface area contributed by atoms with Crippen LogP contribution in [-0.4, -0.2) is 40.3 Å². The fourth-order valence-corrected chi connectivity index (χ4v) is 15.0. The lowest BCUT2D eigenvalue weighted by molar-refractivity contribution is 0.198. The molecule has 0 spiro atoms. The minimum absolute atomic E-state index is 0.618. The summed E-state index contributed by atoms with van der Waals surface area (Å²) in [5.41, 5.74) is 31.7. The molecule has 3 heterocycles. The fourth-order valence-electron chi connectivity index (χ4n) is 14.7. The van der Waals surface area contributed by atoms with Gasteiger partial charge in [-0.1, -0.05) is 303 Å². The Hall–Kier alpha value is -10.8. The van der Waals surface area contributed by atoms with Crippen LogP contribution in [0.2, 0.25) is 5.02 Å². The second-order valence-electron chi connectivity index (χ2n) is 28.7. The van der Waals surface area contributed by atoms with Crippen LogP contribution in [0.4, 0.5) is 0 Å². The summed E-state index contributed by atoms with van der Waals surface area (Å²) < 4.78 is 4.94. The summed E-state index contributed by atoms with van der Waals surface area (Å²) in [4.78, 5) is 9.12. The highest BCUT2D eigenvalue weighted by atomic mass is 35.5. The molecule has 2 N–H and O–H groups in total. The van der Waals surface area contributed by atoms with Crippen molar-refractivity contribution in [1.82, 2.24) is 9.97 Å². The second-order valence-corrected chi connectivity index (χ2v) is 29.1. The van der Waals surface area contributed by atoms with Gasteiger partial charge in [0, 0.05) is 47.3 Å². The first-order chi connectivity index (χ1) is 53.5. The minimum atomic E-state index is -1.35. The van der Waals surface area contributed by atoms with Crippen molar-refractivity contribution < 1.29 is 14.8 Å². The van der Waals surface area contributed by atoms with Gasteiger partial charge in [0.15, 0.2) is 0 Å². The van der Waals surface area contributed by atoms with Gasteiger partial charge in [0.2, 0.25) is 0 Å². The molecule has 14 aromatic rings. The highest BCUT2D eigenvalue weighted by molar-refractivity contribution is 6.59. The highest BCUT2D eigenvalue weighted by Gasteiger charge is 2.18. The molecule has 0 unspecified atom stereocenters. The van der Waals surface area contributed by atoms with Crippen molar-refractivity contribution in [2.24, 2.45) is 0 Å². The Morgan fingerprint density at radius 2 is 0.633 bits per heavy atom. The number of hydrogen-bond acceptors (Lipinski definition) is 5. The molecule has 2 aromatic heterocycles. The van der Waals surface area contributed by atoms with Crippen LogP contribution in [-0.2, 0) is 30.4 Å². The molecule has 5 nitrogen and oxygen atoms in total. The molecule has 1 aliphatic rings. The first-order valence-corrected chi connectivity index (χ1v) is 39.4. The minimum Gasteiger partial charge on any atom is -0.423 e. The average Bonchev–Trinajstić information content (AvgIpc) is 0.882. The van der Waals surface area contributed by atoms with Crippen LogP contribution in [0.25, 0.3) is 100 Å². The molecule has 0 bridgehead atoms. The van der Waals surface area contributed by atoms with Gasteiger partial charge in [0.1, 0.15) is 0 Å². The van der Waals surface area contributed by atoms with Crippen LogP contribution in [0.5, 0.6) is 0 Å². The van der Waals surface area contributed by atoms with Crippen LogP contribution < -0.4 is 5.46 Å².